The fourth-order valence-electron chi connectivity index (χ4n) is 1.80. The van der Waals surface area contributed by atoms with Crippen molar-refractivity contribution in [1.29, 1.82) is 0 Å². The second kappa shape index (κ2) is 5.45. The van der Waals surface area contributed by atoms with Crippen LogP contribution in [0.5, 0.6) is 0 Å². The van der Waals surface area contributed by atoms with Crippen molar-refractivity contribution < 1.29 is 9.53 Å². The third-order valence-electron chi connectivity index (χ3n) is 2.61. The van der Waals surface area contributed by atoms with Crippen molar-refractivity contribution >= 4 is 11.8 Å². The van der Waals surface area contributed by atoms with Crippen molar-refractivity contribution in [2.45, 2.75) is 6.54 Å². The molecule has 0 atom stereocenters. The standard InChI is InChI=1S/C12H14N2O2/c15-10-13-9-11-2-1-3-12(8-11)14-4-6-16-7-5-14/h1-3,8H,4-7,9H2. The van der Waals surface area contributed by atoms with E-state index in [2.05, 4.69) is 22.0 Å². The Bertz CT molecular complexity index is 394. The summed E-state index contributed by atoms with van der Waals surface area (Å²) in [5, 5.41) is 0. The molecule has 0 saturated carbocycles. The number of benzene rings is 1. The fraction of sp³-hybridized carbons (Fsp3) is 0.417. The van der Waals surface area contributed by atoms with Gasteiger partial charge in [0, 0.05) is 18.8 Å². The lowest BCUT2D eigenvalue weighted by atomic mass is 10.2. The lowest BCUT2D eigenvalue weighted by Gasteiger charge is -2.29. The second-order valence-electron chi connectivity index (χ2n) is 3.68. The Labute approximate surface area is 94.5 Å². The topological polar surface area (TPSA) is 41.9 Å². The van der Waals surface area contributed by atoms with E-state index in [1.807, 2.05) is 12.1 Å². The molecule has 0 N–H and O–H groups in total. The minimum Gasteiger partial charge on any atom is -0.378 e. The van der Waals surface area contributed by atoms with Crippen LogP contribution < -0.4 is 4.90 Å². The molecular weight excluding hydrogens is 204 g/mol. The highest BCUT2D eigenvalue weighted by Gasteiger charge is 2.10. The third kappa shape index (κ3) is 2.69. The predicted molar refractivity (Wildman–Crippen MR) is 61.3 cm³/mol. The molecule has 1 aliphatic heterocycles. The van der Waals surface area contributed by atoms with Gasteiger partial charge in [-0.25, -0.2) is 9.79 Å². The Hall–Kier alpha value is -1.64. The summed E-state index contributed by atoms with van der Waals surface area (Å²) in [5.41, 5.74) is 2.20. The summed E-state index contributed by atoms with van der Waals surface area (Å²) in [5.74, 6) is 0. The van der Waals surface area contributed by atoms with E-state index in [1.54, 1.807) is 6.08 Å². The molecule has 16 heavy (non-hydrogen) atoms. The summed E-state index contributed by atoms with van der Waals surface area (Å²) < 4.78 is 5.30. The SMILES string of the molecule is O=C=NCc1cccc(N2CCOCC2)c1. The number of rotatable bonds is 3. The zero-order chi connectivity index (χ0) is 11.2. The lowest BCUT2D eigenvalue weighted by Crippen LogP contribution is -2.36. The Morgan fingerprint density at radius 1 is 1.38 bits per heavy atom. The van der Waals surface area contributed by atoms with Crippen molar-refractivity contribution in [3.63, 3.8) is 0 Å². The molecule has 0 aromatic heterocycles. The van der Waals surface area contributed by atoms with Gasteiger partial charge in [-0.05, 0) is 17.7 Å². The molecule has 1 aromatic rings. The molecule has 1 saturated heterocycles. The van der Waals surface area contributed by atoms with E-state index in [9.17, 15) is 4.79 Å². The predicted octanol–water partition coefficient (Wildman–Crippen LogP) is 1.36. The van der Waals surface area contributed by atoms with E-state index >= 15 is 0 Å². The van der Waals surface area contributed by atoms with Crippen molar-refractivity contribution in [3.05, 3.63) is 29.8 Å². The molecule has 0 aliphatic carbocycles. The van der Waals surface area contributed by atoms with Gasteiger partial charge in [-0.15, -0.1) is 0 Å². The molecule has 0 unspecified atom stereocenters. The number of hydrogen-bond donors (Lipinski definition) is 0. The van der Waals surface area contributed by atoms with E-state index in [-0.39, 0.29) is 0 Å². The molecule has 1 aromatic carbocycles. The smallest absolute Gasteiger partial charge is 0.235 e. The van der Waals surface area contributed by atoms with Gasteiger partial charge in [0.2, 0.25) is 6.08 Å². The Morgan fingerprint density at radius 2 is 2.19 bits per heavy atom. The van der Waals surface area contributed by atoms with Gasteiger partial charge in [-0.2, -0.15) is 0 Å². The van der Waals surface area contributed by atoms with Gasteiger partial charge in [-0.1, -0.05) is 12.1 Å². The zero-order valence-electron chi connectivity index (χ0n) is 9.06. The fourth-order valence-corrected chi connectivity index (χ4v) is 1.80. The first-order valence-corrected chi connectivity index (χ1v) is 5.35. The minimum atomic E-state index is 0.404. The van der Waals surface area contributed by atoms with Crippen LogP contribution in [0.3, 0.4) is 0 Å². The quantitative estimate of drug-likeness (QED) is 0.568. The van der Waals surface area contributed by atoms with Crippen LogP contribution >= 0.6 is 0 Å². The molecule has 1 fully saturated rings. The van der Waals surface area contributed by atoms with Crippen LogP contribution in [-0.2, 0) is 16.1 Å². The Balaban J connectivity index is 2.10. The van der Waals surface area contributed by atoms with Gasteiger partial charge < -0.3 is 9.64 Å². The monoisotopic (exact) mass is 218 g/mol. The van der Waals surface area contributed by atoms with Crippen LogP contribution in [0.15, 0.2) is 29.3 Å². The first kappa shape index (κ1) is 10.9. The molecule has 0 amide bonds. The van der Waals surface area contributed by atoms with Gasteiger partial charge in [0.25, 0.3) is 0 Å². The number of morpholine rings is 1. The normalized spacial score (nSPS) is 15.6. The number of ether oxygens (including phenoxy) is 1. The first-order chi connectivity index (χ1) is 7.90. The molecule has 1 aliphatic rings. The summed E-state index contributed by atoms with van der Waals surface area (Å²) in [6, 6.07) is 8.08. The van der Waals surface area contributed by atoms with E-state index in [1.165, 1.54) is 5.69 Å². The number of anilines is 1. The van der Waals surface area contributed by atoms with Crippen molar-refractivity contribution in [1.82, 2.24) is 0 Å². The molecule has 84 valence electrons. The molecule has 0 spiro atoms. The van der Waals surface area contributed by atoms with Crippen molar-refractivity contribution in [3.8, 4) is 0 Å². The van der Waals surface area contributed by atoms with E-state index in [0.717, 1.165) is 31.9 Å². The maximum absolute atomic E-state index is 10.0. The number of hydrogen-bond acceptors (Lipinski definition) is 4. The second-order valence-corrected chi connectivity index (χ2v) is 3.68. The summed E-state index contributed by atoms with van der Waals surface area (Å²) in [6.07, 6.45) is 1.56. The molecule has 1 heterocycles. The number of nitrogens with zero attached hydrogens (tertiary/aromatic N) is 2. The molecule has 4 heteroatoms. The number of isocyanates is 1. The van der Waals surface area contributed by atoms with Crippen LogP contribution in [0.2, 0.25) is 0 Å². The first-order valence-electron chi connectivity index (χ1n) is 5.35. The van der Waals surface area contributed by atoms with Gasteiger partial charge in [-0.3, -0.25) is 0 Å². The van der Waals surface area contributed by atoms with Gasteiger partial charge >= 0.3 is 0 Å². The van der Waals surface area contributed by atoms with Gasteiger partial charge in [0.15, 0.2) is 0 Å². The van der Waals surface area contributed by atoms with Crippen LogP contribution in [0.4, 0.5) is 5.69 Å². The van der Waals surface area contributed by atoms with Crippen LogP contribution in [-0.4, -0.2) is 32.4 Å². The van der Waals surface area contributed by atoms with E-state index < -0.39 is 0 Å². The van der Waals surface area contributed by atoms with Crippen molar-refractivity contribution in [2.24, 2.45) is 4.99 Å². The Morgan fingerprint density at radius 3 is 2.94 bits per heavy atom. The average Bonchev–Trinajstić information content (AvgIpc) is 2.38. The van der Waals surface area contributed by atoms with Gasteiger partial charge in [0.05, 0.1) is 19.8 Å². The number of carbonyl (C=O) groups excluding carboxylic acids is 1. The minimum absolute atomic E-state index is 0.404. The molecule has 0 radical (unpaired) electrons. The molecule has 2 rings (SSSR count). The highest BCUT2D eigenvalue weighted by atomic mass is 16.5. The van der Waals surface area contributed by atoms with Crippen LogP contribution in [0.1, 0.15) is 5.56 Å². The van der Waals surface area contributed by atoms with E-state index in [0.29, 0.717) is 6.54 Å². The Kier molecular flexibility index (Phi) is 3.70. The maximum Gasteiger partial charge on any atom is 0.235 e. The third-order valence-corrected chi connectivity index (χ3v) is 2.61. The van der Waals surface area contributed by atoms with E-state index in [4.69, 9.17) is 4.74 Å². The highest BCUT2D eigenvalue weighted by molar-refractivity contribution is 5.49. The van der Waals surface area contributed by atoms with Gasteiger partial charge in [0.1, 0.15) is 0 Å². The largest absolute Gasteiger partial charge is 0.378 e. The molecular formula is C12H14N2O2. The van der Waals surface area contributed by atoms with Crippen LogP contribution in [0, 0.1) is 0 Å². The summed E-state index contributed by atoms with van der Waals surface area (Å²) >= 11 is 0. The maximum atomic E-state index is 10.0. The molecule has 4 nitrogen and oxygen atoms in total. The number of aliphatic imine (C=N–C) groups is 1. The average molecular weight is 218 g/mol. The van der Waals surface area contributed by atoms with Crippen LogP contribution in [0.25, 0.3) is 0 Å². The summed E-state index contributed by atoms with van der Waals surface area (Å²) in [4.78, 5) is 15.9. The summed E-state index contributed by atoms with van der Waals surface area (Å²) in [6.45, 7) is 3.79. The highest BCUT2D eigenvalue weighted by Crippen LogP contribution is 2.17. The van der Waals surface area contributed by atoms with Crippen molar-refractivity contribution in [2.75, 3.05) is 31.2 Å². The lowest BCUT2D eigenvalue weighted by molar-refractivity contribution is 0.122. The summed E-state index contributed by atoms with van der Waals surface area (Å²) in [7, 11) is 0. The molecule has 0 bridgehead atoms. The zero-order valence-corrected chi connectivity index (χ0v) is 9.06.